The molecule has 17 heavy (non-hydrogen) atoms. The van der Waals surface area contributed by atoms with Crippen molar-refractivity contribution in [1.82, 2.24) is 4.90 Å². The van der Waals surface area contributed by atoms with E-state index in [1.165, 1.54) is 4.90 Å². The van der Waals surface area contributed by atoms with Crippen molar-refractivity contribution in [3.63, 3.8) is 0 Å². The molecule has 6 heteroatoms. The SMILES string of the molecule is CC(C)(C)OC(=O)N1CCCOC(C(=O)O)C1. The second kappa shape index (κ2) is 5.35. The van der Waals surface area contributed by atoms with Crippen molar-refractivity contribution in [2.75, 3.05) is 19.7 Å². The van der Waals surface area contributed by atoms with Crippen LogP contribution in [0.5, 0.6) is 0 Å². The fraction of sp³-hybridized carbons (Fsp3) is 0.818. The first-order chi connectivity index (χ1) is 7.79. The third-order valence-corrected chi connectivity index (χ3v) is 2.20. The molecule has 0 bridgehead atoms. The van der Waals surface area contributed by atoms with Crippen LogP contribution in [0, 0.1) is 0 Å². The topological polar surface area (TPSA) is 76.1 Å². The Balaban J connectivity index is 2.62. The van der Waals surface area contributed by atoms with Crippen LogP contribution in [0.3, 0.4) is 0 Å². The highest BCUT2D eigenvalue weighted by atomic mass is 16.6. The van der Waals surface area contributed by atoms with Crippen LogP contribution in [0.1, 0.15) is 27.2 Å². The molecular formula is C11H19NO5. The average Bonchev–Trinajstić information content (AvgIpc) is 2.39. The number of carboxylic acids is 1. The third-order valence-electron chi connectivity index (χ3n) is 2.20. The Morgan fingerprint density at radius 3 is 2.59 bits per heavy atom. The number of carbonyl (C=O) groups excluding carboxylic acids is 1. The van der Waals surface area contributed by atoms with Crippen LogP contribution in [0.2, 0.25) is 0 Å². The molecule has 0 aliphatic carbocycles. The lowest BCUT2D eigenvalue weighted by molar-refractivity contribution is -0.150. The van der Waals surface area contributed by atoms with Gasteiger partial charge in [-0.1, -0.05) is 0 Å². The van der Waals surface area contributed by atoms with Crippen LogP contribution in [-0.4, -0.2) is 53.5 Å². The van der Waals surface area contributed by atoms with Crippen molar-refractivity contribution in [3.8, 4) is 0 Å². The lowest BCUT2D eigenvalue weighted by Gasteiger charge is -2.27. The highest BCUT2D eigenvalue weighted by Gasteiger charge is 2.29. The summed E-state index contributed by atoms with van der Waals surface area (Å²) in [5, 5.41) is 8.89. The number of nitrogens with zero attached hydrogens (tertiary/aromatic N) is 1. The van der Waals surface area contributed by atoms with E-state index in [0.29, 0.717) is 19.6 Å². The molecular weight excluding hydrogens is 226 g/mol. The van der Waals surface area contributed by atoms with Gasteiger partial charge in [-0.2, -0.15) is 0 Å². The number of carboxylic acid groups (broad SMARTS) is 1. The van der Waals surface area contributed by atoms with Crippen LogP contribution >= 0.6 is 0 Å². The van der Waals surface area contributed by atoms with Gasteiger partial charge in [0, 0.05) is 13.2 Å². The standard InChI is InChI=1S/C11H19NO5/c1-11(2,3)17-10(15)12-5-4-6-16-8(7-12)9(13)14/h8H,4-7H2,1-3H3,(H,13,14). The molecule has 0 spiro atoms. The van der Waals surface area contributed by atoms with Crippen molar-refractivity contribution in [1.29, 1.82) is 0 Å². The van der Waals surface area contributed by atoms with Crippen molar-refractivity contribution in [3.05, 3.63) is 0 Å². The van der Waals surface area contributed by atoms with Gasteiger partial charge in [0.15, 0.2) is 6.10 Å². The lowest BCUT2D eigenvalue weighted by atomic mass is 10.2. The summed E-state index contributed by atoms with van der Waals surface area (Å²) >= 11 is 0. The van der Waals surface area contributed by atoms with Crippen LogP contribution in [0.15, 0.2) is 0 Å². The Kier molecular flexibility index (Phi) is 4.34. The van der Waals surface area contributed by atoms with E-state index >= 15 is 0 Å². The minimum Gasteiger partial charge on any atom is -0.479 e. The van der Waals surface area contributed by atoms with Gasteiger partial charge in [-0.05, 0) is 27.2 Å². The maximum absolute atomic E-state index is 11.8. The van der Waals surface area contributed by atoms with Crippen molar-refractivity contribution < 1.29 is 24.2 Å². The van der Waals surface area contributed by atoms with Gasteiger partial charge in [0.05, 0.1) is 6.54 Å². The molecule has 1 saturated heterocycles. The molecule has 1 atom stereocenters. The van der Waals surface area contributed by atoms with E-state index in [-0.39, 0.29) is 6.54 Å². The number of ether oxygens (including phenoxy) is 2. The Morgan fingerprint density at radius 1 is 1.41 bits per heavy atom. The van der Waals surface area contributed by atoms with Crippen LogP contribution < -0.4 is 0 Å². The maximum atomic E-state index is 11.8. The zero-order valence-electron chi connectivity index (χ0n) is 10.4. The second-order valence-electron chi connectivity index (χ2n) is 4.98. The van der Waals surface area contributed by atoms with E-state index in [4.69, 9.17) is 14.6 Å². The van der Waals surface area contributed by atoms with Gasteiger partial charge >= 0.3 is 12.1 Å². The highest BCUT2D eigenvalue weighted by molar-refractivity contribution is 5.74. The normalized spacial score (nSPS) is 21.8. The highest BCUT2D eigenvalue weighted by Crippen LogP contribution is 2.13. The fourth-order valence-corrected chi connectivity index (χ4v) is 1.47. The zero-order chi connectivity index (χ0) is 13.1. The lowest BCUT2D eigenvalue weighted by Crippen LogP contribution is -2.42. The smallest absolute Gasteiger partial charge is 0.410 e. The van der Waals surface area contributed by atoms with Gasteiger partial charge in [0.25, 0.3) is 0 Å². The Labute approximate surface area is 100 Å². The van der Waals surface area contributed by atoms with E-state index in [9.17, 15) is 9.59 Å². The summed E-state index contributed by atoms with van der Waals surface area (Å²) in [6, 6.07) is 0. The first-order valence-electron chi connectivity index (χ1n) is 5.62. The Hall–Kier alpha value is -1.30. The number of carbonyl (C=O) groups is 2. The molecule has 0 aromatic rings. The molecule has 1 aliphatic heterocycles. The molecule has 0 saturated carbocycles. The molecule has 1 heterocycles. The van der Waals surface area contributed by atoms with Gasteiger partial charge in [0.2, 0.25) is 0 Å². The second-order valence-corrected chi connectivity index (χ2v) is 4.98. The van der Waals surface area contributed by atoms with Crippen molar-refractivity contribution >= 4 is 12.1 Å². The van der Waals surface area contributed by atoms with E-state index in [0.717, 1.165) is 0 Å². The predicted molar refractivity (Wildman–Crippen MR) is 59.8 cm³/mol. The Bertz CT molecular complexity index is 297. The minimum absolute atomic E-state index is 0.0320. The first kappa shape index (κ1) is 13.8. The Morgan fingerprint density at radius 2 is 2.06 bits per heavy atom. The summed E-state index contributed by atoms with van der Waals surface area (Å²) in [5.41, 5.74) is -0.580. The predicted octanol–water partition coefficient (Wildman–Crippen LogP) is 1.10. The molecule has 98 valence electrons. The van der Waals surface area contributed by atoms with Gasteiger partial charge in [-0.25, -0.2) is 9.59 Å². The van der Waals surface area contributed by atoms with Gasteiger partial charge in [-0.3, -0.25) is 0 Å². The number of aliphatic carboxylic acids is 1. The summed E-state index contributed by atoms with van der Waals surface area (Å²) in [6.45, 7) is 6.15. The molecule has 1 unspecified atom stereocenters. The van der Waals surface area contributed by atoms with Crippen molar-refractivity contribution in [2.24, 2.45) is 0 Å². The number of amides is 1. The molecule has 1 amide bonds. The van der Waals surface area contributed by atoms with E-state index < -0.39 is 23.8 Å². The maximum Gasteiger partial charge on any atom is 0.410 e. The molecule has 1 fully saturated rings. The summed E-state index contributed by atoms with van der Waals surface area (Å²) in [5.74, 6) is -1.06. The summed E-state index contributed by atoms with van der Waals surface area (Å²) in [7, 11) is 0. The minimum atomic E-state index is -1.06. The summed E-state index contributed by atoms with van der Waals surface area (Å²) < 4.78 is 10.3. The molecule has 1 N–H and O–H groups in total. The van der Waals surface area contributed by atoms with Crippen molar-refractivity contribution in [2.45, 2.75) is 38.9 Å². The average molecular weight is 245 g/mol. The van der Waals surface area contributed by atoms with Crippen LogP contribution in [-0.2, 0) is 14.3 Å². The van der Waals surface area contributed by atoms with E-state index in [1.54, 1.807) is 20.8 Å². The van der Waals surface area contributed by atoms with E-state index in [2.05, 4.69) is 0 Å². The van der Waals surface area contributed by atoms with Crippen LogP contribution in [0.25, 0.3) is 0 Å². The van der Waals surface area contributed by atoms with E-state index in [1.807, 2.05) is 0 Å². The molecule has 0 aromatic carbocycles. The quantitative estimate of drug-likeness (QED) is 0.748. The number of hydrogen-bond donors (Lipinski definition) is 1. The van der Waals surface area contributed by atoms with Crippen LogP contribution in [0.4, 0.5) is 4.79 Å². The molecule has 0 radical (unpaired) electrons. The largest absolute Gasteiger partial charge is 0.479 e. The number of hydrogen-bond acceptors (Lipinski definition) is 4. The van der Waals surface area contributed by atoms with Gasteiger partial charge < -0.3 is 19.5 Å². The fourth-order valence-electron chi connectivity index (χ4n) is 1.47. The molecule has 1 rings (SSSR count). The summed E-state index contributed by atoms with van der Waals surface area (Å²) in [4.78, 5) is 24.0. The van der Waals surface area contributed by atoms with Gasteiger partial charge in [0.1, 0.15) is 5.60 Å². The molecule has 1 aliphatic rings. The zero-order valence-corrected chi connectivity index (χ0v) is 10.4. The number of rotatable bonds is 1. The summed E-state index contributed by atoms with van der Waals surface area (Å²) in [6.07, 6.45) is -0.845. The molecule has 6 nitrogen and oxygen atoms in total. The first-order valence-corrected chi connectivity index (χ1v) is 5.62. The monoisotopic (exact) mass is 245 g/mol. The van der Waals surface area contributed by atoms with Gasteiger partial charge in [-0.15, -0.1) is 0 Å². The molecule has 0 aromatic heterocycles. The third kappa shape index (κ3) is 4.60.